The summed E-state index contributed by atoms with van der Waals surface area (Å²) in [6, 6.07) is 7.99. The first kappa shape index (κ1) is 12.7. The minimum absolute atomic E-state index is 0.287. The third-order valence-electron chi connectivity index (χ3n) is 3.18. The number of rotatable bonds is 4. The Bertz CT molecular complexity index is 389. The monoisotopic (exact) mass is 253 g/mol. The summed E-state index contributed by atoms with van der Waals surface area (Å²) in [5, 5.41) is 0.287. The van der Waals surface area contributed by atoms with E-state index in [0.717, 1.165) is 37.2 Å². The van der Waals surface area contributed by atoms with Gasteiger partial charge in [0.2, 0.25) is 0 Å². The van der Waals surface area contributed by atoms with E-state index in [4.69, 9.17) is 10.5 Å². The molecule has 17 heavy (non-hydrogen) atoms. The van der Waals surface area contributed by atoms with Crippen molar-refractivity contribution < 1.29 is 8.95 Å². The second kappa shape index (κ2) is 6.28. The van der Waals surface area contributed by atoms with Crippen LogP contribution >= 0.6 is 0 Å². The van der Waals surface area contributed by atoms with Crippen molar-refractivity contribution in [3.8, 4) is 0 Å². The quantitative estimate of drug-likeness (QED) is 0.886. The van der Waals surface area contributed by atoms with Crippen molar-refractivity contribution in [3.63, 3.8) is 0 Å². The molecule has 3 nitrogen and oxygen atoms in total. The van der Waals surface area contributed by atoms with Gasteiger partial charge in [-0.3, -0.25) is 4.21 Å². The van der Waals surface area contributed by atoms with Crippen LogP contribution in [0.15, 0.2) is 24.3 Å². The molecule has 0 amide bonds. The maximum absolute atomic E-state index is 12.3. The first-order chi connectivity index (χ1) is 8.31. The van der Waals surface area contributed by atoms with Crippen LogP contribution in [0, 0.1) is 0 Å². The highest BCUT2D eigenvalue weighted by molar-refractivity contribution is 7.84. The minimum Gasteiger partial charge on any atom is -0.381 e. The standard InChI is InChI=1S/C13H19NO2S/c14-9-11-3-1-2-4-12(11)10-17(15)13-5-7-16-8-6-13/h1-4,13H,5-10,14H2. The van der Waals surface area contributed by atoms with Gasteiger partial charge in [0.05, 0.1) is 0 Å². The minimum atomic E-state index is -0.805. The van der Waals surface area contributed by atoms with Gasteiger partial charge in [-0.15, -0.1) is 0 Å². The number of hydrogen-bond acceptors (Lipinski definition) is 3. The van der Waals surface area contributed by atoms with Crippen LogP contribution in [0.4, 0.5) is 0 Å². The lowest BCUT2D eigenvalue weighted by Crippen LogP contribution is -2.26. The predicted molar refractivity (Wildman–Crippen MR) is 70.0 cm³/mol. The summed E-state index contributed by atoms with van der Waals surface area (Å²) < 4.78 is 17.5. The van der Waals surface area contributed by atoms with E-state index in [1.165, 1.54) is 0 Å². The Morgan fingerprint density at radius 2 is 1.88 bits per heavy atom. The first-order valence-electron chi connectivity index (χ1n) is 6.03. The molecule has 4 heteroatoms. The maximum Gasteiger partial charge on any atom is 0.0491 e. The van der Waals surface area contributed by atoms with E-state index in [9.17, 15) is 4.21 Å². The predicted octanol–water partition coefficient (Wildman–Crippen LogP) is 1.57. The highest BCUT2D eigenvalue weighted by atomic mass is 32.2. The van der Waals surface area contributed by atoms with E-state index in [2.05, 4.69) is 0 Å². The lowest BCUT2D eigenvalue weighted by molar-refractivity contribution is 0.0992. The van der Waals surface area contributed by atoms with Crippen molar-refractivity contribution in [2.24, 2.45) is 5.73 Å². The molecule has 1 atom stereocenters. The molecule has 1 aliphatic heterocycles. The molecular weight excluding hydrogens is 234 g/mol. The summed E-state index contributed by atoms with van der Waals surface area (Å²) in [5.41, 5.74) is 7.92. The third kappa shape index (κ3) is 3.37. The fourth-order valence-corrected chi connectivity index (χ4v) is 3.65. The van der Waals surface area contributed by atoms with E-state index in [1.807, 2.05) is 24.3 Å². The van der Waals surface area contributed by atoms with Gasteiger partial charge in [0.1, 0.15) is 0 Å². The zero-order chi connectivity index (χ0) is 12.1. The van der Waals surface area contributed by atoms with Crippen molar-refractivity contribution in [1.82, 2.24) is 0 Å². The number of hydrogen-bond donors (Lipinski definition) is 1. The molecule has 0 bridgehead atoms. The molecule has 1 aliphatic rings. The summed E-state index contributed by atoms with van der Waals surface area (Å²) in [6.07, 6.45) is 1.83. The molecule has 0 spiro atoms. The third-order valence-corrected chi connectivity index (χ3v) is 4.99. The van der Waals surface area contributed by atoms with Crippen molar-refractivity contribution >= 4 is 10.8 Å². The zero-order valence-electron chi connectivity index (χ0n) is 9.93. The second-order valence-corrected chi connectivity index (χ2v) is 6.03. The van der Waals surface area contributed by atoms with Gasteiger partial charge in [-0.2, -0.15) is 0 Å². The van der Waals surface area contributed by atoms with Crippen molar-refractivity contribution in [2.45, 2.75) is 30.4 Å². The smallest absolute Gasteiger partial charge is 0.0491 e. The summed E-state index contributed by atoms with van der Waals surface area (Å²) in [7, 11) is -0.805. The molecule has 1 aromatic rings. The Balaban J connectivity index is 2.01. The van der Waals surface area contributed by atoms with Crippen LogP contribution in [-0.2, 0) is 27.8 Å². The second-order valence-electron chi connectivity index (χ2n) is 4.31. The fourth-order valence-electron chi connectivity index (χ4n) is 2.11. The van der Waals surface area contributed by atoms with Crippen LogP contribution in [0.1, 0.15) is 24.0 Å². The van der Waals surface area contributed by atoms with E-state index >= 15 is 0 Å². The Morgan fingerprint density at radius 3 is 2.53 bits per heavy atom. The highest BCUT2D eigenvalue weighted by Crippen LogP contribution is 2.18. The molecule has 1 heterocycles. The largest absolute Gasteiger partial charge is 0.381 e. The molecule has 94 valence electrons. The van der Waals surface area contributed by atoms with Crippen molar-refractivity contribution in [2.75, 3.05) is 13.2 Å². The summed E-state index contributed by atoms with van der Waals surface area (Å²) >= 11 is 0. The van der Waals surface area contributed by atoms with Gasteiger partial charge < -0.3 is 10.5 Å². The molecule has 1 fully saturated rings. The van der Waals surface area contributed by atoms with E-state index in [1.54, 1.807) is 0 Å². The molecule has 0 radical (unpaired) electrons. The number of benzene rings is 1. The van der Waals surface area contributed by atoms with Crippen LogP contribution in [0.5, 0.6) is 0 Å². The van der Waals surface area contributed by atoms with Crippen LogP contribution in [0.2, 0.25) is 0 Å². The SMILES string of the molecule is NCc1ccccc1CS(=O)C1CCOCC1. The molecule has 2 rings (SSSR count). The summed E-state index contributed by atoms with van der Waals surface area (Å²) in [5.74, 6) is 0.623. The average Bonchev–Trinajstić information content (AvgIpc) is 2.40. The van der Waals surface area contributed by atoms with E-state index in [-0.39, 0.29) is 5.25 Å². The van der Waals surface area contributed by atoms with Gasteiger partial charge in [-0.25, -0.2) is 0 Å². The Morgan fingerprint density at radius 1 is 1.24 bits per heavy atom. The van der Waals surface area contributed by atoms with Gasteiger partial charge in [0.15, 0.2) is 0 Å². The molecule has 0 saturated carbocycles. The molecule has 2 N–H and O–H groups in total. The van der Waals surface area contributed by atoms with Crippen LogP contribution in [0.3, 0.4) is 0 Å². The summed E-state index contributed by atoms with van der Waals surface area (Å²) in [6.45, 7) is 2.00. The number of nitrogens with two attached hydrogens (primary N) is 1. The normalized spacial score (nSPS) is 19.1. The van der Waals surface area contributed by atoms with Gasteiger partial charge in [0.25, 0.3) is 0 Å². The van der Waals surface area contributed by atoms with E-state index < -0.39 is 10.8 Å². The first-order valence-corrected chi connectivity index (χ1v) is 7.41. The molecule has 0 aliphatic carbocycles. The van der Waals surface area contributed by atoms with Crippen LogP contribution in [0.25, 0.3) is 0 Å². The molecule has 1 saturated heterocycles. The molecule has 0 aromatic heterocycles. The lowest BCUT2D eigenvalue weighted by Gasteiger charge is -2.21. The Kier molecular flexibility index (Phi) is 4.71. The summed E-state index contributed by atoms with van der Waals surface area (Å²) in [4.78, 5) is 0. The number of ether oxygens (including phenoxy) is 1. The maximum atomic E-state index is 12.3. The van der Waals surface area contributed by atoms with Gasteiger partial charge in [-0.1, -0.05) is 24.3 Å². The topological polar surface area (TPSA) is 52.3 Å². The van der Waals surface area contributed by atoms with Gasteiger partial charge >= 0.3 is 0 Å². The van der Waals surface area contributed by atoms with Crippen LogP contribution < -0.4 is 5.73 Å². The van der Waals surface area contributed by atoms with Gasteiger partial charge in [-0.05, 0) is 24.0 Å². The van der Waals surface area contributed by atoms with E-state index in [0.29, 0.717) is 12.3 Å². The Labute approximate surface area is 105 Å². The average molecular weight is 253 g/mol. The highest BCUT2D eigenvalue weighted by Gasteiger charge is 2.20. The Hall–Kier alpha value is -0.710. The molecular formula is C13H19NO2S. The van der Waals surface area contributed by atoms with Crippen LogP contribution in [-0.4, -0.2) is 22.7 Å². The lowest BCUT2D eigenvalue weighted by atomic mass is 10.1. The molecule has 1 unspecified atom stereocenters. The fraction of sp³-hybridized carbons (Fsp3) is 0.538. The molecule has 1 aromatic carbocycles. The van der Waals surface area contributed by atoms with Crippen molar-refractivity contribution in [3.05, 3.63) is 35.4 Å². The van der Waals surface area contributed by atoms with Gasteiger partial charge in [0, 0.05) is 41.6 Å². The zero-order valence-corrected chi connectivity index (χ0v) is 10.7. The van der Waals surface area contributed by atoms with Crippen molar-refractivity contribution in [1.29, 1.82) is 0 Å².